The van der Waals surface area contributed by atoms with E-state index in [1.807, 2.05) is 19.2 Å². The summed E-state index contributed by atoms with van der Waals surface area (Å²) in [5.41, 5.74) is 0.756. The Bertz CT molecular complexity index is 767. The minimum absolute atomic E-state index is 0.0212. The molecule has 2 aromatic rings. The Kier molecular flexibility index (Phi) is 6.55. The van der Waals surface area contributed by atoms with E-state index in [-0.39, 0.29) is 23.8 Å². The number of likely N-dealkylation sites (tertiary alicyclic amines) is 1. The predicted octanol–water partition coefficient (Wildman–Crippen LogP) is 4.15. The van der Waals surface area contributed by atoms with Crippen LogP contribution in [-0.2, 0) is 11.3 Å². The first-order chi connectivity index (χ1) is 12.9. The molecule has 7 heteroatoms. The fourth-order valence-electron chi connectivity index (χ4n) is 3.49. The summed E-state index contributed by atoms with van der Waals surface area (Å²) in [6.07, 6.45) is 3.75. The van der Waals surface area contributed by atoms with Gasteiger partial charge in [0.05, 0.1) is 6.04 Å². The van der Waals surface area contributed by atoms with Gasteiger partial charge in [0.1, 0.15) is 5.01 Å². The lowest BCUT2D eigenvalue weighted by molar-refractivity contribution is -0.125. The fourth-order valence-corrected chi connectivity index (χ4v) is 4.27. The van der Waals surface area contributed by atoms with Crippen molar-refractivity contribution in [2.45, 2.75) is 39.3 Å². The SMILES string of the molecule is CC(C)C(=O)N[C@@H](c1nccs1)[C@H]1CCCN(Cc2ccc(F)c(F)c2)C1. The largest absolute Gasteiger partial charge is 0.346 e. The summed E-state index contributed by atoms with van der Waals surface area (Å²) < 4.78 is 26.6. The molecule has 146 valence electrons. The number of hydrogen-bond donors (Lipinski definition) is 1. The van der Waals surface area contributed by atoms with Crippen molar-refractivity contribution >= 4 is 17.2 Å². The van der Waals surface area contributed by atoms with Crippen LogP contribution in [0, 0.1) is 23.5 Å². The zero-order chi connectivity index (χ0) is 19.4. The van der Waals surface area contributed by atoms with Crippen LogP contribution in [0.1, 0.15) is 43.3 Å². The number of carbonyl (C=O) groups excluding carboxylic acids is 1. The highest BCUT2D eigenvalue weighted by Crippen LogP contribution is 2.32. The van der Waals surface area contributed by atoms with Crippen LogP contribution in [0.25, 0.3) is 0 Å². The summed E-state index contributed by atoms with van der Waals surface area (Å²) in [6, 6.07) is 3.94. The van der Waals surface area contributed by atoms with Gasteiger partial charge < -0.3 is 5.32 Å². The van der Waals surface area contributed by atoms with E-state index in [1.165, 1.54) is 12.1 Å². The average Bonchev–Trinajstić information content (AvgIpc) is 3.17. The number of hydrogen-bond acceptors (Lipinski definition) is 4. The van der Waals surface area contributed by atoms with Gasteiger partial charge in [0.2, 0.25) is 5.91 Å². The lowest BCUT2D eigenvalue weighted by atomic mass is 9.90. The fraction of sp³-hybridized carbons (Fsp3) is 0.500. The summed E-state index contributed by atoms with van der Waals surface area (Å²) in [4.78, 5) is 19.0. The summed E-state index contributed by atoms with van der Waals surface area (Å²) in [6.45, 7) is 6.01. The monoisotopic (exact) mass is 393 g/mol. The molecule has 2 heterocycles. The molecule has 4 nitrogen and oxygen atoms in total. The maximum Gasteiger partial charge on any atom is 0.223 e. The smallest absolute Gasteiger partial charge is 0.223 e. The summed E-state index contributed by atoms with van der Waals surface area (Å²) >= 11 is 1.55. The van der Waals surface area contributed by atoms with Crippen LogP contribution in [0.2, 0.25) is 0 Å². The zero-order valence-electron chi connectivity index (χ0n) is 15.6. The Labute approximate surface area is 162 Å². The maximum atomic E-state index is 13.5. The van der Waals surface area contributed by atoms with Crippen LogP contribution < -0.4 is 5.32 Å². The third-order valence-electron chi connectivity index (χ3n) is 4.94. The third-order valence-corrected chi connectivity index (χ3v) is 5.80. The molecule has 0 aliphatic carbocycles. The number of aromatic nitrogens is 1. The number of piperidine rings is 1. The molecule has 1 N–H and O–H groups in total. The van der Waals surface area contributed by atoms with Crippen LogP contribution in [0.5, 0.6) is 0 Å². The molecule has 1 amide bonds. The molecule has 1 fully saturated rings. The van der Waals surface area contributed by atoms with Crippen molar-refractivity contribution in [2.24, 2.45) is 11.8 Å². The predicted molar refractivity (Wildman–Crippen MR) is 102 cm³/mol. The molecule has 0 unspecified atom stereocenters. The van der Waals surface area contributed by atoms with Crippen molar-refractivity contribution in [3.8, 4) is 0 Å². The average molecular weight is 394 g/mol. The number of thiazole rings is 1. The van der Waals surface area contributed by atoms with Crippen LogP contribution in [0.3, 0.4) is 0 Å². The van der Waals surface area contributed by atoms with Gasteiger partial charge in [-0.2, -0.15) is 0 Å². The number of amides is 1. The Hall–Kier alpha value is -1.86. The first-order valence-corrected chi connectivity index (χ1v) is 10.2. The van der Waals surface area contributed by atoms with E-state index < -0.39 is 11.6 Å². The summed E-state index contributed by atoms with van der Waals surface area (Å²) in [5.74, 6) is -1.47. The normalized spacial score (nSPS) is 19.2. The van der Waals surface area contributed by atoms with Gasteiger partial charge in [-0.1, -0.05) is 19.9 Å². The molecule has 2 atom stereocenters. The number of halogens is 2. The Morgan fingerprint density at radius 3 is 2.85 bits per heavy atom. The van der Waals surface area contributed by atoms with E-state index in [0.29, 0.717) is 6.54 Å². The van der Waals surface area contributed by atoms with E-state index in [9.17, 15) is 13.6 Å². The van der Waals surface area contributed by atoms with Gasteiger partial charge in [0, 0.05) is 30.6 Å². The molecule has 1 aliphatic rings. The van der Waals surface area contributed by atoms with Crippen molar-refractivity contribution in [1.82, 2.24) is 15.2 Å². The first-order valence-electron chi connectivity index (χ1n) is 9.30. The highest BCUT2D eigenvalue weighted by Gasteiger charge is 2.31. The standard InChI is InChI=1S/C20H25F2N3OS/c1-13(2)19(26)24-18(20-23-7-9-27-20)15-4-3-8-25(12-15)11-14-5-6-16(21)17(22)10-14/h5-7,9-10,13,15,18H,3-4,8,11-12H2,1-2H3,(H,24,26)/t15-,18+/m0/s1. The molecular formula is C20H25F2N3OS. The first kappa shape index (κ1) is 19.9. The lowest BCUT2D eigenvalue weighted by Crippen LogP contribution is -2.43. The van der Waals surface area contributed by atoms with E-state index in [0.717, 1.165) is 36.5 Å². The van der Waals surface area contributed by atoms with Gasteiger partial charge in [0.15, 0.2) is 11.6 Å². The molecule has 0 spiro atoms. The second-order valence-corrected chi connectivity index (χ2v) is 8.32. The minimum atomic E-state index is -0.824. The van der Waals surface area contributed by atoms with E-state index in [1.54, 1.807) is 23.6 Å². The molecule has 1 aliphatic heterocycles. The van der Waals surface area contributed by atoms with E-state index >= 15 is 0 Å². The van der Waals surface area contributed by atoms with Gasteiger partial charge in [-0.15, -0.1) is 11.3 Å². The van der Waals surface area contributed by atoms with Gasteiger partial charge >= 0.3 is 0 Å². The topological polar surface area (TPSA) is 45.2 Å². The molecular weight excluding hydrogens is 368 g/mol. The zero-order valence-corrected chi connectivity index (χ0v) is 16.4. The number of nitrogens with one attached hydrogen (secondary N) is 1. The van der Waals surface area contributed by atoms with Crippen molar-refractivity contribution in [3.63, 3.8) is 0 Å². The van der Waals surface area contributed by atoms with Crippen LogP contribution in [-0.4, -0.2) is 28.9 Å². The molecule has 0 saturated carbocycles. The number of rotatable bonds is 6. The molecule has 1 saturated heterocycles. The van der Waals surface area contributed by atoms with Crippen LogP contribution in [0.4, 0.5) is 8.78 Å². The Balaban J connectivity index is 1.71. The molecule has 3 rings (SSSR count). The quantitative estimate of drug-likeness (QED) is 0.802. The van der Waals surface area contributed by atoms with Crippen LogP contribution >= 0.6 is 11.3 Å². The van der Waals surface area contributed by atoms with Crippen molar-refractivity contribution < 1.29 is 13.6 Å². The maximum absolute atomic E-state index is 13.5. The Morgan fingerprint density at radius 2 is 2.19 bits per heavy atom. The highest BCUT2D eigenvalue weighted by atomic mass is 32.1. The second-order valence-electron chi connectivity index (χ2n) is 7.40. The lowest BCUT2D eigenvalue weighted by Gasteiger charge is -2.37. The number of nitrogens with zero attached hydrogens (tertiary/aromatic N) is 2. The Morgan fingerprint density at radius 1 is 1.37 bits per heavy atom. The molecule has 0 radical (unpaired) electrons. The minimum Gasteiger partial charge on any atom is -0.346 e. The third kappa shape index (κ3) is 5.11. The van der Waals surface area contributed by atoms with Gasteiger partial charge in [-0.05, 0) is 43.0 Å². The molecule has 27 heavy (non-hydrogen) atoms. The molecule has 1 aromatic heterocycles. The van der Waals surface area contributed by atoms with Crippen molar-refractivity contribution in [3.05, 3.63) is 52.0 Å². The van der Waals surface area contributed by atoms with Crippen molar-refractivity contribution in [2.75, 3.05) is 13.1 Å². The highest BCUT2D eigenvalue weighted by molar-refractivity contribution is 7.09. The second kappa shape index (κ2) is 8.89. The van der Waals surface area contributed by atoms with E-state index in [2.05, 4.69) is 15.2 Å². The van der Waals surface area contributed by atoms with Gasteiger partial charge in [-0.3, -0.25) is 9.69 Å². The summed E-state index contributed by atoms with van der Waals surface area (Å²) in [7, 11) is 0. The molecule has 1 aromatic carbocycles. The molecule has 0 bridgehead atoms. The van der Waals surface area contributed by atoms with E-state index in [4.69, 9.17) is 0 Å². The van der Waals surface area contributed by atoms with Crippen LogP contribution in [0.15, 0.2) is 29.8 Å². The van der Waals surface area contributed by atoms with Gasteiger partial charge in [-0.25, -0.2) is 13.8 Å². The number of benzene rings is 1. The van der Waals surface area contributed by atoms with Gasteiger partial charge in [0.25, 0.3) is 0 Å². The summed E-state index contributed by atoms with van der Waals surface area (Å²) in [5, 5.41) is 6.00. The van der Waals surface area contributed by atoms with Crippen molar-refractivity contribution in [1.29, 1.82) is 0 Å². The number of carbonyl (C=O) groups is 1.